The van der Waals surface area contributed by atoms with Crippen molar-refractivity contribution in [2.24, 2.45) is 0 Å². The maximum absolute atomic E-state index is 10.1. The maximum atomic E-state index is 10.1. The van der Waals surface area contributed by atoms with Gasteiger partial charge in [0, 0.05) is 24.9 Å². The Labute approximate surface area is 105 Å². The summed E-state index contributed by atoms with van der Waals surface area (Å²) in [5.74, 6) is 1.26. The van der Waals surface area contributed by atoms with Gasteiger partial charge in [-0.25, -0.2) is 0 Å². The molecule has 0 fully saturated rings. The van der Waals surface area contributed by atoms with E-state index in [4.69, 9.17) is 4.52 Å². The maximum Gasteiger partial charge on any atom is 0.223 e. The summed E-state index contributed by atoms with van der Waals surface area (Å²) in [5.41, 5.74) is 2.31. The monoisotopic (exact) mass is 247 g/mol. The third-order valence-electron chi connectivity index (χ3n) is 3.42. The molecule has 18 heavy (non-hydrogen) atoms. The molecule has 0 saturated carbocycles. The summed E-state index contributed by atoms with van der Waals surface area (Å²) in [4.78, 5) is 4.19. The Bertz CT molecular complexity index is 544. The lowest BCUT2D eigenvalue weighted by atomic mass is 10.1. The molecule has 0 amide bonds. The lowest BCUT2D eigenvalue weighted by Crippen LogP contribution is -1.99. The van der Waals surface area contributed by atoms with Crippen LogP contribution in [-0.4, -0.2) is 19.8 Å². The molecule has 3 rings (SSSR count). The van der Waals surface area contributed by atoms with Crippen LogP contribution < -0.4 is 0 Å². The van der Waals surface area contributed by atoms with E-state index in [1.165, 1.54) is 5.56 Å². The normalized spacial score (nSPS) is 19.6. The van der Waals surface area contributed by atoms with Crippen molar-refractivity contribution in [2.75, 3.05) is 0 Å². The summed E-state index contributed by atoms with van der Waals surface area (Å²) in [6, 6.07) is 0. The molecule has 5 nitrogen and oxygen atoms in total. The molecule has 1 atom stereocenters. The van der Waals surface area contributed by atoms with Gasteiger partial charge in [-0.05, 0) is 24.8 Å². The number of aliphatic hydroxyl groups is 1. The fraction of sp³-hybridized carbons (Fsp3) is 0.538. The second kappa shape index (κ2) is 4.57. The lowest BCUT2D eigenvalue weighted by molar-refractivity contribution is 0.166. The van der Waals surface area contributed by atoms with E-state index >= 15 is 0 Å². The molecule has 0 aliphatic heterocycles. The fourth-order valence-electron chi connectivity index (χ4n) is 2.55. The van der Waals surface area contributed by atoms with Gasteiger partial charge in [-0.1, -0.05) is 11.6 Å². The molecular weight excluding hydrogens is 230 g/mol. The van der Waals surface area contributed by atoms with E-state index < -0.39 is 0 Å². The Hall–Kier alpha value is -1.62. The summed E-state index contributed by atoms with van der Waals surface area (Å²) in [6.45, 7) is 2.38. The Morgan fingerprint density at radius 1 is 1.44 bits per heavy atom. The first kappa shape index (κ1) is 11.5. The van der Waals surface area contributed by atoms with Crippen molar-refractivity contribution in [3.05, 3.63) is 35.2 Å². The van der Waals surface area contributed by atoms with Gasteiger partial charge in [-0.3, -0.25) is 0 Å². The van der Waals surface area contributed by atoms with E-state index in [2.05, 4.69) is 16.3 Å². The number of hydrogen-bond acceptors (Lipinski definition) is 4. The quantitative estimate of drug-likeness (QED) is 0.824. The third kappa shape index (κ3) is 2.18. The zero-order valence-electron chi connectivity index (χ0n) is 10.5. The van der Waals surface area contributed by atoms with Crippen LogP contribution in [0.1, 0.15) is 48.2 Å². The van der Waals surface area contributed by atoms with Crippen molar-refractivity contribution in [2.45, 2.75) is 45.3 Å². The first-order valence-corrected chi connectivity index (χ1v) is 6.38. The Kier molecular flexibility index (Phi) is 2.91. The topological polar surface area (TPSA) is 64.1 Å². The van der Waals surface area contributed by atoms with E-state index in [9.17, 15) is 5.11 Å². The molecule has 1 aliphatic carbocycles. The average molecular weight is 247 g/mol. The predicted octanol–water partition coefficient (Wildman–Crippen LogP) is 1.99. The van der Waals surface area contributed by atoms with Gasteiger partial charge in [0.05, 0.1) is 12.6 Å². The Morgan fingerprint density at radius 3 is 3.11 bits per heavy atom. The minimum Gasteiger partial charge on any atom is -0.388 e. The van der Waals surface area contributed by atoms with Gasteiger partial charge in [0.15, 0.2) is 5.82 Å². The lowest BCUT2D eigenvalue weighted by Gasteiger charge is -2.05. The first-order valence-electron chi connectivity index (χ1n) is 6.38. The molecule has 0 spiro atoms. The second-order valence-electron chi connectivity index (χ2n) is 4.90. The van der Waals surface area contributed by atoms with Gasteiger partial charge in [0.2, 0.25) is 5.89 Å². The van der Waals surface area contributed by atoms with Crippen LogP contribution in [0.4, 0.5) is 0 Å². The smallest absolute Gasteiger partial charge is 0.223 e. The number of nitrogens with zero attached hydrogens (tertiary/aromatic N) is 3. The molecule has 5 heteroatoms. The standard InChI is InChI=1S/C13H17N3O2/c1-9-14-13(15-18-9)8-16-6-10-4-2-3-5-12(17)11(10)7-16/h6-7,12,17H,2-5,8H2,1H3. The number of aryl methyl sites for hydroxylation is 2. The largest absolute Gasteiger partial charge is 0.388 e. The Morgan fingerprint density at radius 2 is 2.33 bits per heavy atom. The van der Waals surface area contributed by atoms with Crippen molar-refractivity contribution < 1.29 is 9.63 Å². The Balaban J connectivity index is 1.84. The van der Waals surface area contributed by atoms with E-state index in [1.807, 2.05) is 10.8 Å². The van der Waals surface area contributed by atoms with Crippen molar-refractivity contribution >= 4 is 0 Å². The minimum atomic E-state index is -0.323. The molecule has 2 aromatic rings. The fourth-order valence-corrected chi connectivity index (χ4v) is 2.55. The van der Waals surface area contributed by atoms with Gasteiger partial charge in [-0.15, -0.1) is 0 Å². The zero-order chi connectivity index (χ0) is 12.5. The highest BCUT2D eigenvalue weighted by Gasteiger charge is 2.18. The van der Waals surface area contributed by atoms with Crippen LogP contribution >= 0.6 is 0 Å². The van der Waals surface area contributed by atoms with Gasteiger partial charge < -0.3 is 14.2 Å². The molecule has 96 valence electrons. The number of aliphatic hydroxyl groups excluding tert-OH is 1. The molecular formula is C13H17N3O2. The molecule has 1 N–H and O–H groups in total. The predicted molar refractivity (Wildman–Crippen MR) is 65.1 cm³/mol. The van der Waals surface area contributed by atoms with Crippen molar-refractivity contribution in [1.29, 1.82) is 0 Å². The summed E-state index contributed by atoms with van der Waals surface area (Å²) < 4.78 is 6.99. The van der Waals surface area contributed by atoms with Crippen molar-refractivity contribution in [3.8, 4) is 0 Å². The summed E-state index contributed by atoms with van der Waals surface area (Å²) >= 11 is 0. The third-order valence-corrected chi connectivity index (χ3v) is 3.42. The summed E-state index contributed by atoms with van der Waals surface area (Å²) in [6.07, 6.45) is 7.93. The highest BCUT2D eigenvalue weighted by molar-refractivity contribution is 5.28. The zero-order valence-corrected chi connectivity index (χ0v) is 10.5. The van der Waals surface area contributed by atoms with Gasteiger partial charge >= 0.3 is 0 Å². The molecule has 1 unspecified atom stereocenters. The summed E-state index contributed by atoms with van der Waals surface area (Å²) in [7, 11) is 0. The highest BCUT2D eigenvalue weighted by atomic mass is 16.5. The van der Waals surface area contributed by atoms with Crippen LogP contribution in [0.2, 0.25) is 0 Å². The van der Waals surface area contributed by atoms with E-state index in [-0.39, 0.29) is 6.10 Å². The van der Waals surface area contributed by atoms with Crippen LogP contribution in [0.5, 0.6) is 0 Å². The molecule has 0 saturated heterocycles. The number of aromatic nitrogens is 3. The molecule has 0 bridgehead atoms. The van der Waals surface area contributed by atoms with E-state index in [0.717, 1.165) is 31.2 Å². The van der Waals surface area contributed by atoms with Gasteiger partial charge in [0.25, 0.3) is 0 Å². The molecule has 1 aliphatic rings. The highest BCUT2D eigenvalue weighted by Crippen LogP contribution is 2.29. The van der Waals surface area contributed by atoms with Gasteiger partial charge in [-0.2, -0.15) is 4.98 Å². The SMILES string of the molecule is Cc1nc(Cn2cc3c(c2)C(O)CCCC3)no1. The van der Waals surface area contributed by atoms with Crippen molar-refractivity contribution in [3.63, 3.8) is 0 Å². The van der Waals surface area contributed by atoms with E-state index in [0.29, 0.717) is 18.3 Å². The number of rotatable bonds is 2. The summed E-state index contributed by atoms with van der Waals surface area (Å²) in [5, 5.41) is 13.9. The minimum absolute atomic E-state index is 0.323. The number of hydrogen-bond donors (Lipinski definition) is 1. The van der Waals surface area contributed by atoms with E-state index in [1.54, 1.807) is 6.92 Å². The van der Waals surface area contributed by atoms with Crippen LogP contribution in [0, 0.1) is 6.92 Å². The number of fused-ring (bicyclic) bond motifs is 1. The molecule has 2 aromatic heterocycles. The van der Waals surface area contributed by atoms with Crippen molar-refractivity contribution in [1.82, 2.24) is 14.7 Å². The van der Waals surface area contributed by atoms with Crippen LogP contribution in [0.15, 0.2) is 16.9 Å². The second-order valence-corrected chi connectivity index (χ2v) is 4.90. The molecule has 2 heterocycles. The van der Waals surface area contributed by atoms with Crippen LogP contribution in [0.25, 0.3) is 0 Å². The van der Waals surface area contributed by atoms with Crippen LogP contribution in [0.3, 0.4) is 0 Å². The molecule has 0 aromatic carbocycles. The van der Waals surface area contributed by atoms with Gasteiger partial charge in [0.1, 0.15) is 0 Å². The molecule has 0 radical (unpaired) electrons. The average Bonchev–Trinajstić information content (AvgIpc) is 2.88. The first-order chi connectivity index (χ1) is 8.72. The van der Waals surface area contributed by atoms with Crippen LogP contribution in [-0.2, 0) is 13.0 Å².